The molecule has 110 valence electrons. The lowest BCUT2D eigenvalue weighted by Crippen LogP contribution is -2.34. The maximum Gasteiger partial charge on any atom is 0.125 e. The molecule has 1 aliphatic rings. The lowest BCUT2D eigenvalue weighted by molar-refractivity contribution is 0.198. The predicted molar refractivity (Wildman–Crippen MR) is 85.2 cm³/mol. The Morgan fingerprint density at radius 2 is 1.95 bits per heavy atom. The molecule has 3 heteroatoms. The summed E-state index contributed by atoms with van der Waals surface area (Å²) in [6, 6.07) is 12.9. The SMILES string of the molecule is Cc1cc(C2CCCN(Cc3ccccc3)C2)nc(C)n1. The van der Waals surface area contributed by atoms with Crippen LogP contribution in [-0.4, -0.2) is 28.0 Å². The van der Waals surface area contributed by atoms with Gasteiger partial charge in [0.1, 0.15) is 5.82 Å². The summed E-state index contributed by atoms with van der Waals surface area (Å²) in [5.74, 6) is 1.44. The van der Waals surface area contributed by atoms with E-state index < -0.39 is 0 Å². The van der Waals surface area contributed by atoms with Gasteiger partial charge in [0, 0.05) is 30.4 Å². The maximum atomic E-state index is 4.66. The Hall–Kier alpha value is -1.74. The van der Waals surface area contributed by atoms with E-state index in [0.717, 1.165) is 24.6 Å². The van der Waals surface area contributed by atoms with Crippen molar-refractivity contribution in [2.24, 2.45) is 0 Å². The van der Waals surface area contributed by atoms with E-state index in [4.69, 9.17) is 0 Å². The fraction of sp³-hybridized carbons (Fsp3) is 0.444. The van der Waals surface area contributed by atoms with Crippen molar-refractivity contribution in [3.8, 4) is 0 Å². The Labute approximate surface area is 127 Å². The van der Waals surface area contributed by atoms with Gasteiger partial charge in [-0.1, -0.05) is 30.3 Å². The fourth-order valence-corrected chi connectivity index (χ4v) is 3.24. The number of hydrogen-bond acceptors (Lipinski definition) is 3. The first-order valence-electron chi connectivity index (χ1n) is 7.79. The normalized spacial score (nSPS) is 19.6. The van der Waals surface area contributed by atoms with Crippen LogP contribution < -0.4 is 0 Å². The number of likely N-dealkylation sites (tertiary alicyclic amines) is 1. The third-order valence-electron chi connectivity index (χ3n) is 4.16. The van der Waals surface area contributed by atoms with Crippen molar-refractivity contribution in [2.45, 2.75) is 39.2 Å². The molecule has 0 aliphatic carbocycles. The highest BCUT2D eigenvalue weighted by molar-refractivity contribution is 5.17. The van der Waals surface area contributed by atoms with E-state index >= 15 is 0 Å². The first-order chi connectivity index (χ1) is 10.2. The molecule has 0 amide bonds. The molecule has 0 saturated carbocycles. The average molecular weight is 281 g/mol. The van der Waals surface area contributed by atoms with Crippen molar-refractivity contribution in [3.63, 3.8) is 0 Å². The zero-order valence-corrected chi connectivity index (χ0v) is 12.9. The summed E-state index contributed by atoms with van der Waals surface area (Å²) in [5, 5.41) is 0. The van der Waals surface area contributed by atoms with Crippen molar-refractivity contribution >= 4 is 0 Å². The topological polar surface area (TPSA) is 29.0 Å². The Balaban J connectivity index is 1.70. The van der Waals surface area contributed by atoms with E-state index in [2.05, 4.69) is 58.2 Å². The minimum atomic E-state index is 0.544. The van der Waals surface area contributed by atoms with Gasteiger partial charge >= 0.3 is 0 Å². The first-order valence-corrected chi connectivity index (χ1v) is 7.79. The summed E-state index contributed by atoms with van der Waals surface area (Å²) < 4.78 is 0. The number of nitrogens with zero attached hydrogens (tertiary/aromatic N) is 3. The van der Waals surface area contributed by atoms with Crippen LogP contribution in [0.2, 0.25) is 0 Å². The van der Waals surface area contributed by atoms with Crippen molar-refractivity contribution in [3.05, 3.63) is 59.2 Å². The fourth-order valence-electron chi connectivity index (χ4n) is 3.24. The molecular formula is C18H23N3. The third kappa shape index (κ3) is 3.67. The number of aromatic nitrogens is 2. The second kappa shape index (κ2) is 6.35. The molecule has 1 aromatic carbocycles. The molecule has 0 radical (unpaired) electrons. The summed E-state index contributed by atoms with van der Waals surface area (Å²) in [7, 11) is 0. The van der Waals surface area contributed by atoms with Crippen LogP contribution in [0.4, 0.5) is 0 Å². The minimum Gasteiger partial charge on any atom is -0.298 e. The van der Waals surface area contributed by atoms with E-state index in [1.54, 1.807) is 0 Å². The molecule has 2 heterocycles. The van der Waals surface area contributed by atoms with Gasteiger partial charge in [-0.25, -0.2) is 9.97 Å². The van der Waals surface area contributed by atoms with Gasteiger partial charge in [0.05, 0.1) is 0 Å². The molecule has 1 atom stereocenters. The highest BCUT2D eigenvalue weighted by Gasteiger charge is 2.22. The van der Waals surface area contributed by atoms with Crippen LogP contribution >= 0.6 is 0 Å². The van der Waals surface area contributed by atoms with Crippen molar-refractivity contribution < 1.29 is 0 Å². The number of piperidine rings is 1. The van der Waals surface area contributed by atoms with Gasteiger partial charge in [0.2, 0.25) is 0 Å². The molecule has 1 unspecified atom stereocenters. The molecule has 3 nitrogen and oxygen atoms in total. The smallest absolute Gasteiger partial charge is 0.125 e. The molecule has 1 saturated heterocycles. The van der Waals surface area contributed by atoms with Crippen LogP contribution in [0.3, 0.4) is 0 Å². The molecule has 1 fully saturated rings. The molecule has 21 heavy (non-hydrogen) atoms. The standard InChI is InChI=1S/C18H23N3/c1-14-11-18(20-15(2)19-14)17-9-6-10-21(13-17)12-16-7-4-3-5-8-16/h3-5,7-8,11,17H,6,9-10,12-13H2,1-2H3. The largest absolute Gasteiger partial charge is 0.298 e. The Morgan fingerprint density at radius 1 is 1.14 bits per heavy atom. The van der Waals surface area contributed by atoms with Gasteiger partial charge < -0.3 is 0 Å². The third-order valence-corrected chi connectivity index (χ3v) is 4.16. The second-order valence-corrected chi connectivity index (χ2v) is 6.04. The van der Waals surface area contributed by atoms with Crippen molar-refractivity contribution in [1.29, 1.82) is 0 Å². The van der Waals surface area contributed by atoms with Gasteiger partial charge in [-0.05, 0) is 44.9 Å². The van der Waals surface area contributed by atoms with E-state index in [1.165, 1.54) is 30.6 Å². The van der Waals surface area contributed by atoms with Crippen LogP contribution in [0.1, 0.15) is 41.5 Å². The maximum absolute atomic E-state index is 4.66. The van der Waals surface area contributed by atoms with Crippen LogP contribution in [0.15, 0.2) is 36.4 Å². The van der Waals surface area contributed by atoms with Crippen LogP contribution in [0.5, 0.6) is 0 Å². The van der Waals surface area contributed by atoms with Crippen LogP contribution in [0.25, 0.3) is 0 Å². The minimum absolute atomic E-state index is 0.544. The van der Waals surface area contributed by atoms with Crippen LogP contribution in [-0.2, 0) is 6.54 Å². The molecule has 0 bridgehead atoms. The zero-order chi connectivity index (χ0) is 14.7. The van der Waals surface area contributed by atoms with Gasteiger partial charge in [-0.15, -0.1) is 0 Å². The summed E-state index contributed by atoms with van der Waals surface area (Å²) in [4.78, 5) is 11.6. The zero-order valence-electron chi connectivity index (χ0n) is 12.9. The summed E-state index contributed by atoms with van der Waals surface area (Å²) in [5.41, 5.74) is 3.70. The van der Waals surface area contributed by atoms with Crippen molar-refractivity contribution in [1.82, 2.24) is 14.9 Å². The number of hydrogen-bond donors (Lipinski definition) is 0. The first kappa shape index (κ1) is 14.2. The molecule has 1 aliphatic heterocycles. The van der Waals surface area contributed by atoms with Gasteiger partial charge in [0.25, 0.3) is 0 Å². The van der Waals surface area contributed by atoms with E-state index in [-0.39, 0.29) is 0 Å². The summed E-state index contributed by atoms with van der Waals surface area (Å²) >= 11 is 0. The second-order valence-electron chi connectivity index (χ2n) is 6.04. The highest BCUT2D eigenvalue weighted by atomic mass is 15.1. The Kier molecular flexibility index (Phi) is 4.30. The number of rotatable bonds is 3. The molecule has 3 rings (SSSR count). The quantitative estimate of drug-likeness (QED) is 0.862. The summed E-state index contributed by atoms with van der Waals surface area (Å²) in [6.07, 6.45) is 2.49. The number of benzene rings is 1. The van der Waals surface area contributed by atoms with E-state index in [1.807, 2.05) is 6.92 Å². The molecule has 0 spiro atoms. The lowest BCUT2D eigenvalue weighted by atomic mass is 9.93. The van der Waals surface area contributed by atoms with Gasteiger partial charge in [-0.3, -0.25) is 4.90 Å². The molecule has 2 aromatic rings. The van der Waals surface area contributed by atoms with E-state index in [9.17, 15) is 0 Å². The summed E-state index contributed by atoms with van der Waals surface area (Å²) in [6.45, 7) is 7.38. The Morgan fingerprint density at radius 3 is 2.71 bits per heavy atom. The van der Waals surface area contributed by atoms with Gasteiger partial charge in [0.15, 0.2) is 0 Å². The lowest BCUT2D eigenvalue weighted by Gasteiger charge is -2.32. The van der Waals surface area contributed by atoms with E-state index in [0.29, 0.717) is 5.92 Å². The predicted octanol–water partition coefficient (Wildman–Crippen LogP) is 3.47. The molecule has 1 aromatic heterocycles. The molecule has 0 N–H and O–H groups in total. The monoisotopic (exact) mass is 281 g/mol. The number of aryl methyl sites for hydroxylation is 2. The van der Waals surface area contributed by atoms with Gasteiger partial charge in [-0.2, -0.15) is 0 Å². The Bertz CT molecular complexity index is 574. The highest BCUT2D eigenvalue weighted by Crippen LogP contribution is 2.26. The average Bonchev–Trinajstić information content (AvgIpc) is 2.47. The molecular weight excluding hydrogens is 258 g/mol. The van der Waals surface area contributed by atoms with Crippen LogP contribution in [0, 0.1) is 13.8 Å². The van der Waals surface area contributed by atoms with Crippen molar-refractivity contribution in [2.75, 3.05) is 13.1 Å².